The molecule has 0 atom stereocenters. The summed E-state index contributed by atoms with van der Waals surface area (Å²) in [5.41, 5.74) is 18.9. The van der Waals surface area contributed by atoms with Crippen LogP contribution in [0.3, 0.4) is 0 Å². The predicted octanol–water partition coefficient (Wildman–Crippen LogP) is 11.2. The lowest BCUT2D eigenvalue weighted by molar-refractivity contribution is 1.23. The van der Waals surface area contributed by atoms with Crippen molar-refractivity contribution in [2.45, 2.75) is 13.8 Å². The number of benzene rings is 4. The van der Waals surface area contributed by atoms with E-state index in [1.807, 2.05) is 36.4 Å². The molecule has 6 heterocycles. The number of aryl methyl sites for hydroxylation is 2. The van der Waals surface area contributed by atoms with E-state index in [9.17, 15) is 0 Å². The lowest BCUT2D eigenvalue weighted by Crippen LogP contribution is -2.06. The van der Waals surface area contributed by atoms with Crippen molar-refractivity contribution < 1.29 is 0 Å². The third-order valence-corrected chi connectivity index (χ3v) is 10.2. The van der Waals surface area contributed by atoms with Gasteiger partial charge in [0.25, 0.3) is 0 Å². The van der Waals surface area contributed by atoms with Gasteiger partial charge in [-0.25, -0.2) is 9.97 Å². The monoisotopic (exact) mass is 694 g/mol. The minimum absolute atomic E-state index is 0.737. The highest BCUT2D eigenvalue weighted by molar-refractivity contribution is 6.26. The number of rotatable bonds is 4. The number of nitrogens with zero attached hydrogens (tertiary/aromatic N) is 4. The molecular weight excluding hydrogens is 661 g/mol. The maximum atomic E-state index is 5.45. The standard InChI is InChI=1S/C48H34N6/c1-29-13-17-31(18-14-29)43-38-23-21-35(49-38)27-36-22-24-39(50-36)44(32-19-15-30(2)16-20-32)42-28-37-46(33-9-5-3-6-10-33)53-54-47(34-11-7-4-8-12-34)45(48(37)52-42)41-26-25-40(43)51-41/h3-28,49,52H,1-2H3. The average molecular weight is 695 g/mol. The number of nitrogens with one attached hydrogen (secondary N) is 2. The fraction of sp³-hybridized carbons (Fsp3) is 0.0417. The molecule has 4 aromatic carbocycles. The van der Waals surface area contributed by atoms with Gasteiger partial charge in [-0.3, -0.25) is 0 Å². The van der Waals surface area contributed by atoms with Gasteiger partial charge in [0, 0.05) is 44.4 Å². The fourth-order valence-electron chi connectivity index (χ4n) is 7.51. The normalized spacial score (nSPS) is 13.1. The molecule has 3 aliphatic heterocycles. The zero-order chi connectivity index (χ0) is 36.2. The highest BCUT2D eigenvalue weighted by atomic mass is 15.2. The van der Waals surface area contributed by atoms with Crippen molar-refractivity contribution in [3.63, 3.8) is 0 Å². The quantitative estimate of drug-likeness (QED) is 0.192. The van der Waals surface area contributed by atoms with Crippen molar-refractivity contribution in [2.24, 2.45) is 10.2 Å². The van der Waals surface area contributed by atoms with E-state index in [-0.39, 0.29) is 0 Å². The molecule has 0 aliphatic carbocycles. The number of hydrogen-bond donors (Lipinski definition) is 2. The molecule has 8 bridgehead atoms. The van der Waals surface area contributed by atoms with Crippen LogP contribution in [-0.4, -0.2) is 31.4 Å². The van der Waals surface area contributed by atoms with Crippen LogP contribution in [-0.2, 0) is 0 Å². The zero-order valence-electron chi connectivity index (χ0n) is 29.8. The summed E-state index contributed by atoms with van der Waals surface area (Å²) in [6, 6.07) is 46.4. The molecule has 0 fully saturated rings. The summed E-state index contributed by atoms with van der Waals surface area (Å²) in [5.74, 6) is 0. The molecule has 3 aliphatic rings. The molecule has 0 unspecified atom stereocenters. The molecule has 0 radical (unpaired) electrons. The van der Waals surface area contributed by atoms with Gasteiger partial charge in [0.1, 0.15) is 11.4 Å². The van der Waals surface area contributed by atoms with Crippen LogP contribution in [0.1, 0.15) is 56.2 Å². The second kappa shape index (κ2) is 12.8. The van der Waals surface area contributed by atoms with Crippen LogP contribution in [0, 0.1) is 13.8 Å². The molecule has 3 aromatic heterocycles. The molecule has 0 saturated carbocycles. The van der Waals surface area contributed by atoms with Crippen molar-refractivity contribution in [1.82, 2.24) is 19.9 Å². The first-order chi connectivity index (χ1) is 26.6. The van der Waals surface area contributed by atoms with E-state index < -0.39 is 0 Å². The van der Waals surface area contributed by atoms with E-state index in [0.717, 1.165) is 101 Å². The Morgan fingerprint density at radius 3 is 1.65 bits per heavy atom. The van der Waals surface area contributed by atoms with E-state index in [1.165, 1.54) is 11.1 Å². The van der Waals surface area contributed by atoms with Crippen LogP contribution in [0.15, 0.2) is 144 Å². The molecule has 2 N–H and O–H groups in total. The second-order valence-corrected chi connectivity index (χ2v) is 13.9. The number of hydrogen-bond acceptors (Lipinski definition) is 4. The summed E-state index contributed by atoms with van der Waals surface area (Å²) in [5, 5.41) is 10.1. The molecule has 6 heteroatoms. The third-order valence-electron chi connectivity index (χ3n) is 10.2. The van der Waals surface area contributed by atoms with E-state index in [2.05, 4.69) is 145 Å². The van der Waals surface area contributed by atoms with Crippen LogP contribution in [0.25, 0.3) is 68.6 Å². The van der Waals surface area contributed by atoms with Gasteiger partial charge in [0.2, 0.25) is 0 Å². The topological polar surface area (TPSA) is 82.1 Å². The number of fused-ring (bicyclic) bond motifs is 8. The third kappa shape index (κ3) is 5.52. The molecule has 54 heavy (non-hydrogen) atoms. The maximum Gasteiger partial charge on any atom is 0.104 e. The van der Waals surface area contributed by atoms with Crippen molar-refractivity contribution >= 4 is 57.8 Å². The Balaban J connectivity index is 1.41. The Morgan fingerprint density at radius 2 is 0.981 bits per heavy atom. The van der Waals surface area contributed by atoms with Crippen molar-refractivity contribution in [2.75, 3.05) is 0 Å². The molecule has 10 rings (SSSR count). The Labute approximate surface area is 312 Å². The largest absolute Gasteiger partial charge is 0.355 e. The molecule has 6 nitrogen and oxygen atoms in total. The summed E-state index contributed by atoms with van der Waals surface area (Å²) in [6.45, 7) is 4.22. The van der Waals surface area contributed by atoms with Gasteiger partial charge in [0.05, 0.1) is 33.9 Å². The summed E-state index contributed by atoms with van der Waals surface area (Å²) in [4.78, 5) is 18.3. The second-order valence-electron chi connectivity index (χ2n) is 13.9. The van der Waals surface area contributed by atoms with Gasteiger partial charge in [-0.1, -0.05) is 120 Å². The first kappa shape index (κ1) is 31.5. The fourth-order valence-corrected chi connectivity index (χ4v) is 7.51. The Hall–Kier alpha value is -7.18. The van der Waals surface area contributed by atoms with Gasteiger partial charge in [-0.2, -0.15) is 0 Å². The average Bonchev–Trinajstić information content (AvgIpc) is 4.03. The van der Waals surface area contributed by atoms with Crippen LogP contribution in [0.2, 0.25) is 0 Å². The number of aromatic nitrogens is 4. The van der Waals surface area contributed by atoms with E-state index in [0.29, 0.717) is 0 Å². The highest BCUT2D eigenvalue weighted by Gasteiger charge is 2.26. The molecule has 0 amide bonds. The van der Waals surface area contributed by atoms with Gasteiger partial charge in [-0.15, -0.1) is 10.2 Å². The van der Waals surface area contributed by atoms with Crippen molar-refractivity contribution in [3.8, 4) is 22.3 Å². The minimum Gasteiger partial charge on any atom is -0.355 e. The molecule has 256 valence electrons. The smallest absolute Gasteiger partial charge is 0.104 e. The van der Waals surface area contributed by atoms with Gasteiger partial charge < -0.3 is 9.97 Å². The van der Waals surface area contributed by atoms with E-state index in [1.54, 1.807) is 0 Å². The molecule has 0 saturated heterocycles. The number of aromatic amines is 2. The predicted molar refractivity (Wildman–Crippen MR) is 223 cm³/mol. The first-order valence-electron chi connectivity index (χ1n) is 18.1. The molecule has 0 spiro atoms. The van der Waals surface area contributed by atoms with Crippen LogP contribution >= 0.6 is 0 Å². The van der Waals surface area contributed by atoms with Gasteiger partial charge in [0.15, 0.2) is 0 Å². The van der Waals surface area contributed by atoms with E-state index in [4.69, 9.17) is 20.2 Å². The molecular formula is C48H34N6. The van der Waals surface area contributed by atoms with Crippen LogP contribution in [0.4, 0.5) is 0 Å². The van der Waals surface area contributed by atoms with Crippen LogP contribution in [0.5, 0.6) is 0 Å². The van der Waals surface area contributed by atoms with Gasteiger partial charge in [-0.05, 0) is 73.5 Å². The lowest BCUT2D eigenvalue weighted by Gasteiger charge is -2.08. The maximum absolute atomic E-state index is 5.45. The summed E-state index contributed by atoms with van der Waals surface area (Å²) in [6.07, 6.45) is 8.42. The minimum atomic E-state index is 0.737. The Kier molecular flexibility index (Phi) is 7.47. The zero-order valence-corrected chi connectivity index (χ0v) is 29.8. The Bertz CT molecular complexity index is 2910. The number of H-pyrrole nitrogens is 2. The molecule has 7 aromatic rings. The van der Waals surface area contributed by atoms with Crippen molar-refractivity contribution in [1.29, 1.82) is 0 Å². The van der Waals surface area contributed by atoms with Gasteiger partial charge >= 0.3 is 0 Å². The SMILES string of the molecule is Cc1ccc(-c2c3nc(c4c5[nH]c(cc5C(c5ccccc5)=NN=C4c4ccccc4)c(-c4ccc(C)cc4)c4nc(cc5ccc2[nH]5)C=C4)C=C3)cc1. The van der Waals surface area contributed by atoms with Crippen molar-refractivity contribution in [3.05, 3.63) is 190 Å². The Morgan fingerprint density at radius 1 is 0.426 bits per heavy atom. The first-order valence-corrected chi connectivity index (χ1v) is 18.1. The highest BCUT2D eigenvalue weighted by Crippen LogP contribution is 2.37. The van der Waals surface area contributed by atoms with Crippen LogP contribution < -0.4 is 0 Å². The summed E-state index contributed by atoms with van der Waals surface area (Å²) >= 11 is 0. The summed E-state index contributed by atoms with van der Waals surface area (Å²) < 4.78 is 0. The summed E-state index contributed by atoms with van der Waals surface area (Å²) in [7, 11) is 0. The van der Waals surface area contributed by atoms with E-state index >= 15 is 0 Å². The lowest BCUT2D eigenvalue weighted by atomic mass is 9.96.